The van der Waals surface area contributed by atoms with E-state index in [-0.39, 0.29) is 22.8 Å². The van der Waals surface area contributed by atoms with E-state index in [0.717, 1.165) is 16.0 Å². The molecule has 1 heterocycles. The topological polar surface area (TPSA) is 77.8 Å². The summed E-state index contributed by atoms with van der Waals surface area (Å²) in [5.41, 5.74) is 2.47. The van der Waals surface area contributed by atoms with E-state index in [1.165, 1.54) is 36.4 Å². The molecule has 1 aliphatic heterocycles. The summed E-state index contributed by atoms with van der Waals surface area (Å²) in [7, 11) is 0. The quantitative estimate of drug-likeness (QED) is 0.365. The van der Waals surface area contributed by atoms with Crippen LogP contribution in [-0.2, 0) is 9.59 Å². The van der Waals surface area contributed by atoms with Crippen LogP contribution >= 0.6 is 0 Å². The molecule has 3 aromatic rings. The number of carbonyl (C=O) groups excluding carboxylic acids is 2. The Morgan fingerprint density at radius 2 is 1.65 bits per heavy atom. The average molecular weight is 417 g/mol. The molecule has 0 aliphatic carbocycles. The summed E-state index contributed by atoms with van der Waals surface area (Å²) in [4.78, 5) is 27.3. The minimum absolute atomic E-state index is 0.117. The second-order valence-corrected chi connectivity index (χ2v) is 7.53. The molecule has 1 saturated heterocycles. The van der Waals surface area contributed by atoms with Crippen molar-refractivity contribution in [2.24, 2.45) is 0 Å². The molecule has 1 atom stereocenters. The van der Waals surface area contributed by atoms with E-state index in [0.29, 0.717) is 11.1 Å². The zero-order valence-corrected chi connectivity index (χ0v) is 17.0. The minimum atomic E-state index is -1.03. The van der Waals surface area contributed by atoms with Gasteiger partial charge >= 0.3 is 0 Å². The van der Waals surface area contributed by atoms with E-state index < -0.39 is 23.5 Å². The maximum atomic E-state index is 13.6. The van der Waals surface area contributed by atoms with Crippen LogP contribution in [0, 0.1) is 19.7 Å². The first-order valence-electron chi connectivity index (χ1n) is 9.71. The van der Waals surface area contributed by atoms with Crippen molar-refractivity contribution in [3.05, 3.63) is 100 Å². The largest absolute Gasteiger partial charge is 0.507 e. The summed E-state index contributed by atoms with van der Waals surface area (Å²) in [6.07, 6.45) is 0. The lowest BCUT2D eigenvalue weighted by Gasteiger charge is -2.26. The number of phenolic OH excluding ortho intramolecular Hbond substituents is 1. The fourth-order valence-corrected chi connectivity index (χ4v) is 3.85. The predicted molar refractivity (Wildman–Crippen MR) is 115 cm³/mol. The number of aliphatic hydroxyl groups is 1. The number of hydrogen-bond donors (Lipinski definition) is 2. The van der Waals surface area contributed by atoms with Crippen molar-refractivity contribution in [2.45, 2.75) is 19.9 Å². The number of nitrogens with zero attached hydrogens (tertiary/aromatic N) is 1. The number of Topliss-reactive ketones (excluding diaryl/α,β-unsaturated/α-hetero) is 1. The van der Waals surface area contributed by atoms with Crippen LogP contribution in [0.4, 0.5) is 10.1 Å². The molecule has 1 fully saturated rings. The number of hydrogen-bond acceptors (Lipinski definition) is 4. The Labute approximate surface area is 178 Å². The number of phenols is 1. The van der Waals surface area contributed by atoms with Gasteiger partial charge in [-0.05, 0) is 55.3 Å². The Bertz CT molecular complexity index is 1230. The molecule has 156 valence electrons. The number of rotatable bonds is 3. The molecule has 6 heteroatoms. The molecule has 0 saturated carbocycles. The summed E-state index contributed by atoms with van der Waals surface area (Å²) < 4.78 is 13.6. The van der Waals surface area contributed by atoms with Gasteiger partial charge in [0.05, 0.1) is 17.3 Å². The second kappa shape index (κ2) is 7.72. The number of amides is 1. The van der Waals surface area contributed by atoms with E-state index in [1.54, 1.807) is 25.1 Å². The molecule has 0 radical (unpaired) electrons. The van der Waals surface area contributed by atoms with Gasteiger partial charge in [-0.2, -0.15) is 0 Å². The van der Waals surface area contributed by atoms with Crippen LogP contribution in [0.5, 0.6) is 5.75 Å². The van der Waals surface area contributed by atoms with Crippen LogP contribution in [0.15, 0.2) is 72.3 Å². The molecule has 5 nitrogen and oxygen atoms in total. The molecule has 31 heavy (non-hydrogen) atoms. The fraction of sp³-hybridized carbons (Fsp3) is 0.120. The summed E-state index contributed by atoms with van der Waals surface area (Å²) in [5, 5.41) is 21.5. The summed E-state index contributed by atoms with van der Waals surface area (Å²) in [6, 6.07) is 15.9. The first-order valence-corrected chi connectivity index (χ1v) is 9.71. The van der Waals surface area contributed by atoms with Crippen LogP contribution in [0.2, 0.25) is 0 Å². The van der Waals surface area contributed by atoms with Crippen molar-refractivity contribution in [1.29, 1.82) is 0 Å². The molecule has 1 unspecified atom stereocenters. The highest BCUT2D eigenvalue weighted by Gasteiger charge is 2.47. The monoisotopic (exact) mass is 417 g/mol. The fourth-order valence-electron chi connectivity index (χ4n) is 3.85. The summed E-state index contributed by atoms with van der Waals surface area (Å²) >= 11 is 0. The van der Waals surface area contributed by atoms with Crippen molar-refractivity contribution in [2.75, 3.05) is 4.90 Å². The number of halogens is 1. The zero-order valence-electron chi connectivity index (χ0n) is 17.0. The number of carbonyl (C=O) groups is 2. The number of aromatic hydroxyl groups is 1. The van der Waals surface area contributed by atoms with Crippen LogP contribution < -0.4 is 4.90 Å². The van der Waals surface area contributed by atoms with E-state index in [2.05, 4.69) is 0 Å². The third-order valence-electron chi connectivity index (χ3n) is 5.42. The highest BCUT2D eigenvalue weighted by atomic mass is 19.1. The lowest BCUT2D eigenvalue weighted by molar-refractivity contribution is -0.132. The van der Waals surface area contributed by atoms with Crippen molar-refractivity contribution < 1.29 is 24.2 Å². The molecule has 1 aliphatic rings. The molecule has 4 rings (SSSR count). The minimum Gasteiger partial charge on any atom is -0.507 e. The van der Waals surface area contributed by atoms with E-state index in [9.17, 15) is 24.2 Å². The molecular weight excluding hydrogens is 397 g/mol. The Kier molecular flexibility index (Phi) is 5.07. The van der Waals surface area contributed by atoms with Gasteiger partial charge in [0, 0.05) is 5.56 Å². The van der Waals surface area contributed by atoms with E-state index in [4.69, 9.17) is 0 Å². The smallest absolute Gasteiger partial charge is 0.300 e. The standard InChI is InChI=1S/C25H20FNO4/c1-14-7-8-15(2)18(13-14)23(29)21-22(16-9-11-17(26)12-10-16)27(25(31)24(21)30)19-5-3-4-6-20(19)28/h3-13,22,28-29H,1-2H3/b23-21+. The Balaban J connectivity index is 2.00. The maximum absolute atomic E-state index is 13.6. The lowest BCUT2D eigenvalue weighted by Crippen LogP contribution is -2.29. The molecule has 3 aromatic carbocycles. The van der Waals surface area contributed by atoms with Gasteiger partial charge in [-0.25, -0.2) is 4.39 Å². The van der Waals surface area contributed by atoms with E-state index >= 15 is 0 Å². The van der Waals surface area contributed by atoms with E-state index in [1.807, 2.05) is 19.1 Å². The maximum Gasteiger partial charge on any atom is 0.300 e. The molecular formula is C25H20FNO4. The average Bonchev–Trinajstić information content (AvgIpc) is 3.01. The molecule has 0 spiro atoms. The predicted octanol–water partition coefficient (Wildman–Crippen LogP) is 4.77. The van der Waals surface area contributed by atoms with Crippen molar-refractivity contribution in [3.63, 3.8) is 0 Å². The van der Waals surface area contributed by atoms with Gasteiger partial charge in [-0.3, -0.25) is 14.5 Å². The van der Waals surface area contributed by atoms with Crippen LogP contribution in [0.3, 0.4) is 0 Å². The van der Waals surface area contributed by atoms with Crippen molar-refractivity contribution in [1.82, 2.24) is 0 Å². The SMILES string of the molecule is Cc1ccc(C)c(/C(O)=C2\C(=O)C(=O)N(c3ccccc3O)C2c2ccc(F)cc2)c1. The third-order valence-corrected chi connectivity index (χ3v) is 5.42. The van der Waals surface area contributed by atoms with Gasteiger partial charge in [-0.1, -0.05) is 42.0 Å². The Morgan fingerprint density at radius 3 is 2.32 bits per heavy atom. The van der Waals surface area contributed by atoms with Gasteiger partial charge in [0.2, 0.25) is 0 Å². The molecule has 2 N–H and O–H groups in total. The Morgan fingerprint density at radius 1 is 0.968 bits per heavy atom. The van der Waals surface area contributed by atoms with Gasteiger partial charge in [0.1, 0.15) is 17.3 Å². The number of benzene rings is 3. The van der Waals surface area contributed by atoms with Gasteiger partial charge in [-0.15, -0.1) is 0 Å². The number of aliphatic hydroxyl groups excluding tert-OH is 1. The first-order chi connectivity index (χ1) is 14.8. The highest BCUT2D eigenvalue weighted by molar-refractivity contribution is 6.52. The third kappa shape index (κ3) is 3.46. The summed E-state index contributed by atoms with van der Waals surface area (Å²) in [5.74, 6) is -2.74. The van der Waals surface area contributed by atoms with Crippen molar-refractivity contribution in [3.8, 4) is 5.75 Å². The second-order valence-electron chi connectivity index (χ2n) is 7.53. The van der Waals surface area contributed by atoms with Crippen LogP contribution in [-0.4, -0.2) is 21.9 Å². The number of aryl methyl sites for hydroxylation is 2. The summed E-state index contributed by atoms with van der Waals surface area (Å²) in [6.45, 7) is 3.65. The normalized spacial score (nSPS) is 17.9. The highest BCUT2D eigenvalue weighted by Crippen LogP contribution is 2.44. The number of para-hydroxylation sites is 2. The van der Waals surface area contributed by atoms with Gasteiger partial charge in [0.25, 0.3) is 11.7 Å². The molecule has 0 bridgehead atoms. The lowest BCUT2D eigenvalue weighted by atomic mass is 9.93. The Hall–Kier alpha value is -3.93. The van der Waals surface area contributed by atoms with Crippen LogP contribution in [0.25, 0.3) is 5.76 Å². The molecule has 0 aromatic heterocycles. The van der Waals surface area contributed by atoms with Gasteiger partial charge in [0.15, 0.2) is 0 Å². The van der Waals surface area contributed by atoms with Crippen LogP contribution in [0.1, 0.15) is 28.3 Å². The first kappa shape index (κ1) is 20.3. The van der Waals surface area contributed by atoms with Gasteiger partial charge < -0.3 is 10.2 Å². The number of ketones is 1. The molecule has 1 amide bonds. The number of anilines is 1. The van der Waals surface area contributed by atoms with Crippen molar-refractivity contribution >= 4 is 23.1 Å². The zero-order chi connectivity index (χ0) is 22.3.